The van der Waals surface area contributed by atoms with E-state index in [-0.39, 0.29) is 17.9 Å². The molecule has 0 saturated heterocycles. The van der Waals surface area contributed by atoms with Gasteiger partial charge < -0.3 is 0 Å². The second-order valence-electron chi connectivity index (χ2n) is 5.42. The Hall–Kier alpha value is -2.51. The molecule has 2 N–H and O–H groups in total. The molecule has 0 radical (unpaired) electrons. The topological polar surface area (TPSA) is 91.9 Å². The number of benzene rings is 2. The SMILES string of the molecule is O=c1[nH]nc(CNS(=O)(=O)CCc2ccccc2)c2ccccc12. The number of sulfonamides is 1. The van der Waals surface area contributed by atoms with Crippen molar-refractivity contribution in [2.24, 2.45) is 0 Å². The summed E-state index contributed by atoms with van der Waals surface area (Å²) < 4.78 is 26.9. The maximum Gasteiger partial charge on any atom is 0.272 e. The normalized spacial score (nSPS) is 11.7. The van der Waals surface area contributed by atoms with Gasteiger partial charge in [-0.2, -0.15) is 5.10 Å². The molecule has 2 aromatic carbocycles. The molecule has 0 aliphatic rings. The van der Waals surface area contributed by atoms with Gasteiger partial charge in [0.2, 0.25) is 10.0 Å². The van der Waals surface area contributed by atoms with Crippen LogP contribution < -0.4 is 10.3 Å². The molecule has 0 fully saturated rings. The number of aryl methyl sites for hydroxylation is 1. The Morgan fingerprint density at radius 1 is 0.958 bits per heavy atom. The van der Waals surface area contributed by atoms with Gasteiger partial charge in [0, 0.05) is 5.39 Å². The average Bonchev–Trinajstić information content (AvgIpc) is 2.61. The van der Waals surface area contributed by atoms with Gasteiger partial charge in [-0.25, -0.2) is 18.2 Å². The molecule has 1 heterocycles. The highest BCUT2D eigenvalue weighted by atomic mass is 32.2. The second-order valence-corrected chi connectivity index (χ2v) is 7.35. The Balaban J connectivity index is 1.71. The van der Waals surface area contributed by atoms with E-state index in [9.17, 15) is 13.2 Å². The van der Waals surface area contributed by atoms with Gasteiger partial charge in [-0.1, -0.05) is 48.5 Å². The van der Waals surface area contributed by atoms with Crippen molar-refractivity contribution in [2.45, 2.75) is 13.0 Å². The van der Waals surface area contributed by atoms with E-state index >= 15 is 0 Å². The van der Waals surface area contributed by atoms with Crippen LogP contribution in [-0.2, 0) is 23.0 Å². The quantitative estimate of drug-likeness (QED) is 0.711. The number of aromatic amines is 1. The van der Waals surface area contributed by atoms with E-state index in [1.807, 2.05) is 30.3 Å². The number of nitrogens with zero attached hydrogens (tertiary/aromatic N) is 1. The first-order valence-corrected chi connectivity index (χ1v) is 9.18. The lowest BCUT2D eigenvalue weighted by Gasteiger charge is -2.08. The Morgan fingerprint density at radius 2 is 1.62 bits per heavy atom. The minimum atomic E-state index is -3.44. The fraction of sp³-hybridized carbons (Fsp3) is 0.176. The predicted molar refractivity (Wildman–Crippen MR) is 93.1 cm³/mol. The third kappa shape index (κ3) is 3.87. The molecule has 1 aromatic heterocycles. The van der Waals surface area contributed by atoms with E-state index in [2.05, 4.69) is 14.9 Å². The zero-order valence-electron chi connectivity index (χ0n) is 12.9. The molecule has 0 saturated carbocycles. The minimum Gasteiger partial charge on any atom is -0.267 e. The van der Waals surface area contributed by atoms with Crippen LogP contribution in [-0.4, -0.2) is 24.4 Å². The van der Waals surface area contributed by atoms with E-state index in [0.717, 1.165) is 5.56 Å². The van der Waals surface area contributed by atoms with Gasteiger partial charge in [-0.15, -0.1) is 0 Å². The molecule has 0 bridgehead atoms. The number of rotatable bonds is 6. The largest absolute Gasteiger partial charge is 0.272 e. The van der Waals surface area contributed by atoms with Crippen LogP contribution in [0.5, 0.6) is 0 Å². The number of H-pyrrole nitrogens is 1. The number of fused-ring (bicyclic) bond motifs is 1. The fourth-order valence-corrected chi connectivity index (χ4v) is 3.46. The zero-order chi connectivity index (χ0) is 17.0. The molecule has 0 aliphatic heterocycles. The van der Waals surface area contributed by atoms with E-state index in [0.29, 0.717) is 22.9 Å². The molecule has 0 amide bonds. The summed E-state index contributed by atoms with van der Waals surface area (Å²) in [4.78, 5) is 11.7. The van der Waals surface area contributed by atoms with Crippen molar-refractivity contribution in [3.8, 4) is 0 Å². The lowest BCUT2D eigenvalue weighted by atomic mass is 10.1. The summed E-state index contributed by atoms with van der Waals surface area (Å²) in [5.41, 5.74) is 1.17. The fourth-order valence-electron chi connectivity index (χ4n) is 2.45. The van der Waals surface area contributed by atoms with E-state index in [4.69, 9.17) is 0 Å². The maximum atomic E-state index is 12.2. The van der Waals surface area contributed by atoms with E-state index in [1.54, 1.807) is 24.3 Å². The standard InChI is InChI=1S/C17H17N3O3S/c21-17-15-9-5-4-8-14(15)16(19-20-17)12-18-24(22,23)11-10-13-6-2-1-3-7-13/h1-9,18H,10-12H2,(H,20,21). The molecule has 0 aliphatic carbocycles. The summed E-state index contributed by atoms with van der Waals surface area (Å²) in [6.45, 7) is 0.0361. The highest BCUT2D eigenvalue weighted by Gasteiger charge is 2.13. The van der Waals surface area contributed by atoms with Crippen LogP contribution in [0.3, 0.4) is 0 Å². The van der Waals surface area contributed by atoms with E-state index < -0.39 is 10.0 Å². The lowest BCUT2D eigenvalue weighted by molar-refractivity contribution is 0.579. The van der Waals surface area contributed by atoms with Crippen molar-refractivity contribution in [1.29, 1.82) is 0 Å². The van der Waals surface area contributed by atoms with Gasteiger partial charge in [0.1, 0.15) is 0 Å². The number of hydrogen-bond donors (Lipinski definition) is 2. The first-order chi connectivity index (χ1) is 11.6. The lowest BCUT2D eigenvalue weighted by Crippen LogP contribution is -2.28. The van der Waals surface area contributed by atoms with Crippen LogP contribution >= 0.6 is 0 Å². The highest BCUT2D eigenvalue weighted by molar-refractivity contribution is 7.89. The smallest absolute Gasteiger partial charge is 0.267 e. The van der Waals surface area contributed by atoms with Crippen molar-refractivity contribution >= 4 is 20.8 Å². The molecule has 124 valence electrons. The van der Waals surface area contributed by atoms with Crippen molar-refractivity contribution in [2.75, 3.05) is 5.75 Å². The van der Waals surface area contributed by atoms with Gasteiger partial charge >= 0.3 is 0 Å². The average molecular weight is 343 g/mol. The summed E-state index contributed by atoms with van der Waals surface area (Å²) in [5, 5.41) is 7.50. The summed E-state index contributed by atoms with van der Waals surface area (Å²) in [7, 11) is -3.44. The molecule has 7 heteroatoms. The van der Waals surface area contributed by atoms with Crippen molar-refractivity contribution in [3.05, 3.63) is 76.2 Å². The molecule has 6 nitrogen and oxygen atoms in total. The molecular formula is C17H17N3O3S. The highest BCUT2D eigenvalue weighted by Crippen LogP contribution is 2.12. The van der Waals surface area contributed by atoms with Gasteiger partial charge in [0.05, 0.1) is 23.4 Å². The first kappa shape index (κ1) is 16.4. The molecule has 24 heavy (non-hydrogen) atoms. The molecule has 0 spiro atoms. The predicted octanol–water partition coefficient (Wildman–Crippen LogP) is 1.59. The second kappa shape index (κ2) is 6.94. The summed E-state index contributed by atoms with van der Waals surface area (Å²) >= 11 is 0. The zero-order valence-corrected chi connectivity index (χ0v) is 13.7. The van der Waals surface area contributed by atoms with Gasteiger partial charge in [-0.3, -0.25) is 4.79 Å². The van der Waals surface area contributed by atoms with Crippen LogP contribution in [0.15, 0.2) is 59.4 Å². The van der Waals surface area contributed by atoms with Crippen LogP contribution in [0.25, 0.3) is 10.8 Å². The molecular weight excluding hydrogens is 326 g/mol. The van der Waals surface area contributed by atoms with Crippen LogP contribution in [0.1, 0.15) is 11.3 Å². The first-order valence-electron chi connectivity index (χ1n) is 7.53. The third-order valence-electron chi connectivity index (χ3n) is 3.74. The Kier molecular flexibility index (Phi) is 4.73. The van der Waals surface area contributed by atoms with Crippen LogP contribution in [0.2, 0.25) is 0 Å². The summed E-state index contributed by atoms with van der Waals surface area (Å²) in [6.07, 6.45) is 0.440. The summed E-state index contributed by atoms with van der Waals surface area (Å²) in [5.74, 6) is -0.00169. The minimum absolute atomic E-state index is 0.00169. The van der Waals surface area contributed by atoms with E-state index in [1.165, 1.54) is 0 Å². The molecule has 0 atom stereocenters. The number of hydrogen-bond acceptors (Lipinski definition) is 4. The Morgan fingerprint density at radius 3 is 2.38 bits per heavy atom. The number of aromatic nitrogens is 2. The van der Waals surface area contributed by atoms with Crippen molar-refractivity contribution in [3.63, 3.8) is 0 Å². The molecule has 0 unspecified atom stereocenters. The van der Waals surface area contributed by atoms with Crippen LogP contribution in [0.4, 0.5) is 0 Å². The monoisotopic (exact) mass is 343 g/mol. The molecule has 3 rings (SSSR count). The van der Waals surface area contributed by atoms with Gasteiger partial charge in [0.25, 0.3) is 5.56 Å². The van der Waals surface area contributed by atoms with Crippen LogP contribution in [0, 0.1) is 0 Å². The third-order valence-corrected chi connectivity index (χ3v) is 5.06. The number of nitrogens with one attached hydrogen (secondary N) is 2. The van der Waals surface area contributed by atoms with Crippen molar-refractivity contribution < 1.29 is 8.42 Å². The van der Waals surface area contributed by atoms with Crippen molar-refractivity contribution in [1.82, 2.24) is 14.9 Å². The van der Waals surface area contributed by atoms with Gasteiger partial charge in [-0.05, 0) is 18.1 Å². The maximum absolute atomic E-state index is 12.2. The molecule has 3 aromatic rings. The summed E-state index contributed by atoms with van der Waals surface area (Å²) in [6, 6.07) is 16.4. The Bertz CT molecular complexity index is 998. The Labute approximate surface area is 139 Å². The van der Waals surface area contributed by atoms with Gasteiger partial charge in [0.15, 0.2) is 0 Å².